The summed E-state index contributed by atoms with van der Waals surface area (Å²) in [6, 6.07) is 0.973. The van der Waals surface area contributed by atoms with Crippen molar-refractivity contribution >= 4 is 17.8 Å². The highest BCUT2D eigenvalue weighted by Crippen LogP contribution is 2.35. The molecule has 1 aromatic carbocycles. The molecule has 0 N–H and O–H groups in total. The number of rotatable bonds is 3. The molecule has 96 valence electrons. The van der Waals surface area contributed by atoms with E-state index in [0.717, 1.165) is 6.92 Å². The highest BCUT2D eigenvalue weighted by molar-refractivity contribution is 6.05. The molecule has 5 nitrogen and oxygen atoms in total. The van der Waals surface area contributed by atoms with Gasteiger partial charge < -0.3 is 0 Å². The van der Waals surface area contributed by atoms with Crippen molar-refractivity contribution in [3.8, 4) is 0 Å². The smallest absolute Gasteiger partial charge is 0.298 e. The maximum atomic E-state index is 12.6. The molecule has 0 unspecified atom stereocenters. The lowest BCUT2D eigenvalue weighted by Gasteiger charge is -2.11. The molecule has 0 amide bonds. The molecule has 8 heteroatoms. The number of alkyl halides is 3. The lowest BCUT2D eigenvalue weighted by atomic mass is 9.97. The van der Waals surface area contributed by atoms with Gasteiger partial charge in [0.15, 0.2) is 12.1 Å². The van der Waals surface area contributed by atoms with Crippen LogP contribution >= 0.6 is 0 Å². The molecule has 1 rings (SSSR count). The predicted octanol–water partition coefficient (Wildman–Crippen LogP) is 2.63. The van der Waals surface area contributed by atoms with Crippen LogP contribution in [0.5, 0.6) is 0 Å². The van der Waals surface area contributed by atoms with Gasteiger partial charge in [-0.1, -0.05) is 0 Å². The van der Waals surface area contributed by atoms with Gasteiger partial charge in [-0.2, -0.15) is 13.2 Å². The maximum absolute atomic E-state index is 12.6. The molecule has 0 aliphatic carbocycles. The van der Waals surface area contributed by atoms with Gasteiger partial charge >= 0.3 is 6.18 Å². The second kappa shape index (κ2) is 4.55. The van der Waals surface area contributed by atoms with E-state index in [1.165, 1.54) is 0 Å². The normalized spacial score (nSPS) is 11.1. The molecule has 0 fully saturated rings. The minimum Gasteiger partial charge on any atom is -0.298 e. The number of carbonyl (C=O) groups is 2. The highest BCUT2D eigenvalue weighted by Gasteiger charge is 2.37. The van der Waals surface area contributed by atoms with Gasteiger partial charge in [0.05, 0.1) is 10.5 Å². The summed E-state index contributed by atoms with van der Waals surface area (Å²) in [5.74, 6) is -0.977. The summed E-state index contributed by atoms with van der Waals surface area (Å²) in [7, 11) is 0. The Morgan fingerprint density at radius 1 is 1.39 bits per heavy atom. The molecule has 0 aromatic heterocycles. The van der Waals surface area contributed by atoms with Crippen molar-refractivity contribution in [2.24, 2.45) is 0 Å². The number of aldehydes is 1. The molecule has 0 saturated heterocycles. The summed E-state index contributed by atoms with van der Waals surface area (Å²) in [5, 5.41) is 10.6. The summed E-state index contributed by atoms with van der Waals surface area (Å²) in [5.41, 5.74) is -4.03. The summed E-state index contributed by atoms with van der Waals surface area (Å²) in [6.07, 6.45) is -5.07. The maximum Gasteiger partial charge on any atom is 0.417 e. The van der Waals surface area contributed by atoms with E-state index in [1.54, 1.807) is 0 Å². The number of nitrogens with zero attached hydrogens (tertiary/aromatic N) is 1. The van der Waals surface area contributed by atoms with Crippen LogP contribution in [0.3, 0.4) is 0 Å². The molecule has 0 aliphatic rings. The number of ketones is 1. The van der Waals surface area contributed by atoms with Crippen LogP contribution in [0.25, 0.3) is 0 Å². The Balaban J connectivity index is 3.75. The highest BCUT2D eigenvalue weighted by atomic mass is 19.4. The summed E-state index contributed by atoms with van der Waals surface area (Å²) in [4.78, 5) is 31.5. The lowest BCUT2D eigenvalue weighted by molar-refractivity contribution is -0.385. The first-order valence-corrected chi connectivity index (χ1v) is 4.54. The molecule has 0 spiro atoms. The molecular formula is C10H6F3NO4. The molecule has 1 aromatic rings. The first kappa shape index (κ1) is 13.8. The molecule has 0 saturated carbocycles. The van der Waals surface area contributed by atoms with Gasteiger partial charge in [0, 0.05) is 11.6 Å². The summed E-state index contributed by atoms with van der Waals surface area (Å²) < 4.78 is 37.7. The SMILES string of the molecule is CC(=O)c1c([N+](=O)[O-])ccc(C(F)(F)F)c1C=O. The van der Waals surface area contributed by atoms with Crippen molar-refractivity contribution in [2.45, 2.75) is 13.1 Å². The molecule has 0 heterocycles. The Morgan fingerprint density at radius 3 is 2.28 bits per heavy atom. The Bertz CT molecular complexity index is 537. The van der Waals surface area contributed by atoms with E-state index in [4.69, 9.17) is 0 Å². The summed E-state index contributed by atoms with van der Waals surface area (Å²) in [6.45, 7) is 0.857. The zero-order valence-corrected chi connectivity index (χ0v) is 8.95. The fourth-order valence-electron chi connectivity index (χ4n) is 1.50. The Morgan fingerprint density at radius 2 is 1.94 bits per heavy atom. The van der Waals surface area contributed by atoms with Crippen molar-refractivity contribution in [3.05, 3.63) is 38.9 Å². The zero-order valence-electron chi connectivity index (χ0n) is 8.95. The van der Waals surface area contributed by atoms with Crippen LogP contribution in [0.1, 0.15) is 33.2 Å². The minimum absolute atomic E-state index is 0.202. The van der Waals surface area contributed by atoms with Crippen molar-refractivity contribution in [1.82, 2.24) is 0 Å². The van der Waals surface area contributed by atoms with Crippen LogP contribution in [0, 0.1) is 10.1 Å². The number of benzene rings is 1. The van der Waals surface area contributed by atoms with E-state index in [1.807, 2.05) is 0 Å². The third kappa shape index (κ3) is 2.36. The number of hydrogen-bond donors (Lipinski definition) is 0. The molecule has 0 aliphatic heterocycles. The summed E-state index contributed by atoms with van der Waals surface area (Å²) >= 11 is 0. The van der Waals surface area contributed by atoms with Gasteiger partial charge in [0.2, 0.25) is 0 Å². The van der Waals surface area contributed by atoms with Gasteiger partial charge in [-0.05, 0) is 13.0 Å². The van der Waals surface area contributed by atoms with E-state index in [9.17, 15) is 32.9 Å². The van der Waals surface area contributed by atoms with Crippen LogP contribution in [0.4, 0.5) is 18.9 Å². The number of carbonyl (C=O) groups excluding carboxylic acids is 2. The van der Waals surface area contributed by atoms with Crippen LogP contribution in [-0.4, -0.2) is 17.0 Å². The first-order valence-electron chi connectivity index (χ1n) is 4.54. The second-order valence-electron chi connectivity index (χ2n) is 3.35. The molecule has 0 atom stereocenters. The van der Waals surface area contributed by atoms with E-state index in [2.05, 4.69) is 0 Å². The molecule has 0 radical (unpaired) electrons. The zero-order chi connectivity index (χ0) is 14.1. The average molecular weight is 261 g/mol. The van der Waals surface area contributed by atoms with E-state index >= 15 is 0 Å². The van der Waals surface area contributed by atoms with E-state index in [-0.39, 0.29) is 6.29 Å². The number of nitro groups is 1. The minimum atomic E-state index is -4.87. The van der Waals surface area contributed by atoms with Crippen LogP contribution < -0.4 is 0 Å². The van der Waals surface area contributed by atoms with Gasteiger partial charge in [0.25, 0.3) is 5.69 Å². The Labute approximate surface area is 98.4 Å². The standard InChI is InChI=1S/C10H6F3NO4/c1-5(16)9-6(4-15)7(10(11,12)13)2-3-8(9)14(17)18/h2-4H,1H3. The molecule has 18 heavy (non-hydrogen) atoms. The molecular weight excluding hydrogens is 255 g/mol. The number of Topliss-reactive ketones (excluding diaryl/α,β-unsaturated/α-hetero) is 1. The monoisotopic (exact) mass is 261 g/mol. The van der Waals surface area contributed by atoms with Crippen molar-refractivity contribution in [2.75, 3.05) is 0 Å². The van der Waals surface area contributed by atoms with E-state index in [0.29, 0.717) is 12.1 Å². The van der Waals surface area contributed by atoms with Crippen LogP contribution in [0.15, 0.2) is 12.1 Å². The van der Waals surface area contributed by atoms with E-state index < -0.39 is 39.3 Å². The van der Waals surface area contributed by atoms with Crippen molar-refractivity contribution in [1.29, 1.82) is 0 Å². The van der Waals surface area contributed by atoms with Crippen molar-refractivity contribution in [3.63, 3.8) is 0 Å². The predicted molar refractivity (Wildman–Crippen MR) is 53.5 cm³/mol. The lowest BCUT2D eigenvalue weighted by Crippen LogP contribution is -2.14. The number of nitro benzene ring substituents is 1. The second-order valence-corrected chi connectivity index (χ2v) is 3.35. The largest absolute Gasteiger partial charge is 0.417 e. The topological polar surface area (TPSA) is 77.3 Å². The fraction of sp³-hybridized carbons (Fsp3) is 0.200. The van der Waals surface area contributed by atoms with Gasteiger partial charge in [0.1, 0.15) is 5.56 Å². The fourth-order valence-corrected chi connectivity index (χ4v) is 1.50. The quantitative estimate of drug-likeness (QED) is 0.362. The van der Waals surface area contributed by atoms with Gasteiger partial charge in [-0.25, -0.2) is 0 Å². The van der Waals surface area contributed by atoms with Crippen LogP contribution in [-0.2, 0) is 6.18 Å². The van der Waals surface area contributed by atoms with Crippen molar-refractivity contribution < 1.29 is 27.7 Å². The van der Waals surface area contributed by atoms with Gasteiger partial charge in [-0.15, -0.1) is 0 Å². The molecule has 0 bridgehead atoms. The average Bonchev–Trinajstić information content (AvgIpc) is 2.25. The first-order chi connectivity index (χ1) is 8.20. The third-order valence-corrected chi connectivity index (χ3v) is 2.20. The third-order valence-electron chi connectivity index (χ3n) is 2.20. The van der Waals surface area contributed by atoms with Crippen LogP contribution in [0.2, 0.25) is 0 Å². The number of halogens is 3. The van der Waals surface area contributed by atoms with Gasteiger partial charge in [-0.3, -0.25) is 19.7 Å². The number of hydrogen-bond acceptors (Lipinski definition) is 4. The Hall–Kier alpha value is -2.25. The Kier molecular flexibility index (Phi) is 3.49.